The van der Waals surface area contributed by atoms with Crippen LogP contribution in [0.1, 0.15) is 119 Å². The molecule has 1 aromatic rings. The van der Waals surface area contributed by atoms with E-state index in [1.165, 1.54) is 40.9 Å². The number of rotatable bonds is 22. The quantitative estimate of drug-likeness (QED) is 0.0226. The number of ether oxygens (including phenoxy) is 16. The van der Waals surface area contributed by atoms with Crippen molar-refractivity contribution in [3.05, 3.63) is 47.6 Å². The van der Waals surface area contributed by atoms with Crippen LogP contribution in [0, 0.1) is 50.2 Å². The lowest BCUT2D eigenvalue weighted by Crippen LogP contribution is -2.71. The third kappa shape index (κ3) is 16.1. The molecule has 117 heavy (non-hydrogen) atoms. The van der Waals surface area contributed by atoms with E-state index in [2.05, 4.69) is 20.8 Å². The maximum atomic E-state index is 16.6. The number of hydrogen-bond donors (Lipinski definition) is 19. The molecule has 0 amide bonds. The topological polar surface area (TPSA) is 583 Å². The third-order valence-corrected chi connectivity index (χ3v) is 28.4. The van der Waals surface area contributed by atoms with Gasteiger partial charge in [-0.2, -0.15) is 0 Å². The van der Waals surface area contributed by atoms with Crippen molar-refractivity contribution in [1.82, 2.24) is 0 Å². The molecule has 11 fully saturated rings. The van der Waals surface area contributed by atoms with Gasteiger partial charge in [-0.05, 0) is 143 Å². The molecule has 662 valence electrons. The fourth-order valence-electron chi connectivity index (χ4n) is 21.4. The van der Waals surface area contributed by atoms with Crippen LogP contribution in [0.2, 0.25) is 0 Å². The van der Waals surface area contributed by atoms with Crippen molar-refractivity contribution in [2.45, 2.75) is 315 Å². The maximum Gasteiger partial charge on any atom is 0.331 e. The van der Waals surface area contributed by atoms with Gasteiger partial charge in [-0.25, -0.2) is 4.79 Å². The van der Waals surface area contributed by atoms with Gasteiger partial charge in [0.05, 0.1) is 82.0 Å². The minimum atomic E-state index is -2.35. The molecule has 0 spiro atoms. The van der Waals surface area contributed by atoms with Crippen molar-refractivity contribution in [3.63, 3.8) is 0 Å². The first kappa shape index (κ1) is 90.4. The van der Waals surface area contributed by atoms with Gasteiger partial charge >= 0.3 is 17.9 Å². The summed E-state index contributed by atoms with van der Waals surface area (Å²) in [6, 6.07) is 6.58. The highest BCUT2D eigenvalue weighted by molar-refractivity contribution is 5.87. The Hall–Kier alpha value is -4.33. The number of carbonyl (C=O) groups excluding carboxylic acids is 2. The number of fused-ring (bicyclic) bond motifs is 7. The largest absolute Gasteiger partial charge is 0.497 e. The van der Waals surface area contributed by atoms with Crippen LogP contribution in [0.15, 0.2) is 42.0 Å². The monoisotopic (exact) mass is 1670 g/mol. The first-order chi connectivity index (χ1) is 55.1. The maximum absolute atomic E-state index is 16.6. The number of benzene rings is 1. The fraction of sp³-hybridized carbons (Fsp3) is 0.835. The zero-order valence-electron chi connectivity index (χ0n) is 66.6. The summed E-state index contributed by atoms with van der Waals surface area (Å²) in [5.74, 6) is -4.68. The average Bonchev–Trinajstić information content (AvgIpc) is 0.852. The standard InChI is InChI=1S/C79H118O38/c1-32-46(87)49(90)52(93)66(106-32)114-60-57(110-45(86)17-12-35-10-13-36(102-9)14-11-35)34(3)108-69(61(60)115-68-55(96)59(113-70-62(97)79(101,30-82)31-105-70)56(33(2)107-68)111-65-54(95)58(41(85)28-104-65)112-64-51(92)47(88)40(84)27-103-64)117-72(100)77-21-20-73(4,5)24-38(77)37-15-16-43-74(6)25-39(83)63(116-67-53(94)50(91)48(89)42(26-80)109-67)76(8,71(98)99)44(74)18-19-75(43,7)78(37,29-81)23-22-77/h10-15,17,32-34,38-44,46-70,80-85,87-97,101H,16,18-31H2,1-9H3,(H,98,99)/b17-12-/t32-,33-,34+,38-,39-,40-,41+,42+,43+,44+,46-,47-,48+,49+,50-,51+,52+,53+,54+,55+,56-,57-,58-,59-,60-,61+,62-,63-,64-,65-,66-,67-,68-,69-,70-,74+,75+,76-,77-,78-,79+/m0/s1. The predicted molar refractivity (Wildman–Crippen MR) is 389 cm³/mol. The van der Waals surface area contributed by atoms with Crippen LogP contribution >= 0.6 is 0 Å². The van der Waals surface area contributed by atoms with Crippen molar-refractivity contribution in [2.24, 2.45) is 50.2 Å². The Kier molecular flexibility index (Phi) is 26.8. The molecule has 38 nitrogen and oxygen atoms in total. The molecule has 19 N–H and O–H groups in total. The minimum absolute atomic E-state index is 0.0454. The number of hydrogen-bond acceptors (Lipinski definition) is 37. The molecule has 7 heterocycles. The van der Waals surface area contributed by atoms with Crippen LogP contribution in [0.25, 0.3) is 6.08 Å². The molecule has 4 saturated carbocycles. The number of carbonyl (C=O) groups is 3. The van der Waals surface area contributed by atoms with Crippen molar-refractivity contribution in [1.29, 1.82) is 0 Å². The molecule has 41 atom stereocenters. The van der Waals surface area contributed by atoms with E-state index < -0.39 is 310 Å². The highest BCUT2D eigenvalue weighted by Crippen LogP contribution is 2.76. The van der Waals surface area contributed by atoms with Crippen molar-refractivity contribution in [2.75, 3.05) is 46.8 Å². The highest BCUT2D eigenvalue weighted by atomic mass is 16.8. The van der Waals surface area contributed by atoms with Crippen LogP contribution in [-0.2, 0) is 85.4 Å². The van der Waals surface area contributed by atoms with Gasteiger partial charge in [0.15, 0.2) is 49.9 Å². The fourth-order valence-corrected chi connectivity index (χ4v) is 21.4. The van der Waals surface area contributed by atoms with Crippen LogP contribution in [0.3, 0.4) is 0 Å². The Labute approximate surface area is 674 Å². The Bertz CT molecular complexity index is 3670. The van der Waals surface area contributed by atoms with Crippen molar-refractivity contribution in [3.8, 4) is 5.75 Å². The van der Waals surface area contributed by atoms with Gasteiger partial charge in [0.2, 0.25) is 6.29 Å². The number of allylic oxidation sites excluding steroid dienone is 1. The van der Waals surface area contributed by atoms with Crippen molar-refractivity contribution < 1.29 is 187 Å². The van der Waals surface area contributed by atoms with Gasteiger partial charge in [0, 0.05) is 11.5 Å². The molecule has 12 aliphatic rings. The Morgan fingerprint density at radius 2 is 1.09 bits per heavy atom. The van der Waals surface area contributed by atoms with E-state index in [0.717, 1.165) is 11.6 Å². The van der Waals surface area contributed by atoms with Gasteiger partial charge in [0.1, 0.15) is 127 Å². The Balaban J connectivity index is 0.859. The second kappa shape index (κ2) is 34.7. The lowest BCUT2D eigenvalue weighted by Gasteiger charge is -2.71. The van der Waals surface area contributed by atoms with Crippen LogP contribution in [0.5, 0.6) is 5.75 Å². The SMILES string of the molecule is COc1ccc(/C=C\C(=O)O[C@@H]2[C@H](O[C@@H]3O[C@@H](C)[C@H](O)[C@@H](O)[C@H]3O)[C@@H](O[C@@H]3O[C@@H](C)[C@H](O[C@@H]4OC[C@@H](O)[C@H](O[C@@H]5OC[C@H](O)[C@H](O)[C@H]5O)[C@H]4O)[C@@H](O[C@@H]4OC[C@](O)(CO)[C@H]4O)[C@H]3O)[C@H](OC(=O)[C@]34CCC(C)(C)C[C@H]3C3=CC[C@@H]5[C@@]6(C)C[C@H](O)[C@H](O[C@@H]7O[C@H](CO)[C@@H](O)[C@H](O)[C@H]7O)[C@@](C)(C(=O)O)[C@@H]6CC[C@@]5(C)[C@]3(CO)CC4)O[C@@H]2C)cc1. The molecule has 0 radical (unpaired) electrons. The summed E-state index contributed by atoms with van der Waals surface area (Å²) in [6.07, 6.45) is -51.5. The zero-order chi connectivity index (χ0) is 85.0. The summed E-state index contributed by atoms with van der Waals surface area (Å²) in [7, 11) is 1.47. The number of carboxylic acids is 1. The predicted octanol–water partition coefficient (Wildman–Crippen LogP) is -4.28. The molecule has 0 aromatic heterocycles. The first-order valence-corrected chi connectivity index (χ1v) is 40.3. The number of aliphatic hydroxyl groups is 18. The zero-order valence-corrected chi connectivity index (χ0v) is 66.6. The molecular formula is C79H118O38. The molecule has 38 heteroatoms. The average molecular weight is 1680 g/mol. The molecule has 5 aliphatic carbocycles. The molecule has 0 unspecified atom stereocenters. The van der Waals surface area contributed by atoms with Gasteiger partial charge in [-0.3, -0.25) is 9.59 Å². The Morgan fingerprint density at radius 1 is 0.521 bits per heavy atom. The third-order valence-electron chi connectivity index (χ3n) is 28.4. The summed E-state index contributed by atoms with van der Waals surface area (Å²) in [4.78, 5) is 45.2. The number of aliphatic hydroxyl groups excluding tert-OH is 17. The van der Waals surface area contributed by atoms with Crippen LogP contribution < -0.4 is 4.74 Å². The lowest BCUT2D eigenvalue weighted by atomic mass is 9.33. The van der Waals surface area contributed by atoms with E-state index >= 15 is 4.79 Å². The molecule has 7 aliphatic heterocycles. The van der Waals surface area contributed by atoms with E-state index in [1.54, 1.807) is 24.3 Å². The van der Waals surface area contributed by atoms with Gasteiger partial charge in [0.25, 0.3) is 0 Å². The number of methoxy groups -OCH3 is 1. The summed E-state index contributed by atoms with van der Waals surface area (Å²) in [5, 5.41) is 214. The van der Waals surface area contributed by atoms with E-state index in [1.807, 2.05) is 13.0 Å². The molecule has 0 bridgehead atoms. The molecule has 7 saturated heterocycles. The lowest BCUT2D eigenvalue weighted by molar-refractivity contribution is -0.398. The van der Waals surface area contributed by atoms with E-state index in [9.17, 15) is 107 Å². The normalized spacial score (nSPS) is 50.5. The second-order valence-electron chi connectivity index (χ2n) is 35.8. The second-order valence-corrected chi connectivity index (χ2v) is 35.8. The number of esters is 2. The summed E-state index contributed by atoms with van der Waals surface area (Å²) < 4.78 is 98.7. The smallest absolute Gasteiger partial charge is 0.331 e. The van der Waals surface area contributed by atoms with Gasteiger partial charge < -0.3 is 173 Å². The van der Waals surface area contributed by atoms with Crippen LogP contribution in [-0.4, -0.2) is 364 Å². The van der Waals surface area contributed by atoms with Gasteiger partial charge in [-0.1, -0.05) is 51.5 Å². The first-order valence-electron chi connectivity index (χ1n) is 40.3. The van der Waals surface area contributed by atoms with Crippen molar-refractivity contribution >= 4 is 24.0 Å². The summed E-state index contributed by atoms with van der Waals surface area (Å²) in [6.45, 7) is 9.51. The summed E-state index contributed by atoms with van der Waals surface area (Å²) >= 11 is 0. The van der Waals surface area contributed by atoms with E-state index in [-0.39, 0.29) is 38.5 Å². The summed E-state index contributed by atoms with van der Waals surface area (Å²) in [5.41, 5.74) is -8.04. The van der Waals surface area contributed by atoms with E-state index in [0.29, 0.717) is 30.6 Å². The number of carboxylic acid groups (broad SMARTS) is 1. The molecule has 1 aromatic carbocycles. The Morgan fingerprint density at radius 3 is 1.74 bits per heavy atom. The van der Waals surface area contributed by atoms with Gasteiger partial charge in [-0.15, -0.1) is 0 Å². The van der Waals surface area contributed by atoms with Crippen LogP contribution in [0.4, 0.5) is 0 Å². The highest BCUT2D eigenvalue weighted by Gasteiger charge is 2.74. The molecule has 13 rings (SSSR count). The minimum Gasteiger partial charge on any atom is -0.497 e. The molecular weight excluding hydrogens is 1560 g/mol. The number of aliphatic carboxylic acids is 1. The van der Waals surface area contributed by atoms with E-state index in [4.69, 9.17) is 75.8 Å².